The Balaban J connectivity index is 3.04. The van der Waals surface area contributed by atoms with Gasteiger partial charge in [0.15, 0.2) is 15.7 Å². The number of ether oxygens (including phenoxy) is 1. The third-order valence-electron chi connectivity index (χ3n) is 2.55. The fourth-order valence-electron chi connectivity index (χ4n) is 1.37. The predicted molar refractivity (Wildman–Crippen MR) is 70.0 cm³/mol. The van der Waals surface area contributed by atoms with Crippen LogP contribution in [0, 0.1) is 6.92 Å². The molecule has 0 fully saturated rings. The van der Waals surface area contributed by atoms with Gasteiger partial charge in [-0.15, -0.1) is 6.58 Å². The van der Waals surface area contributed by atoms with Gasteiger partial charge in [0.2, 0.25) is 0 Å². The molecular formula is C12H18N2O3S. The Labute approximate surface area is 108 Å². The minimum Gasteiger partial charge on any atom is -0.365 e. The Kier molecular flexibility index (Phi) is 4.98. The van der Waals surface area contributed by atoms with Crippen molar-refractivity contribution in [2.24, 2.45) is 0 Å². The molecule has 0 unspecified atom stereocenters. The largest absolute Gasteiger partial charge is 0.365 e. The van der Waals surface area contributed by atoms with E-state index in [1.54, 1.807) is 25.4 Å². The van der Waals surface area contributed by atoms with Gasteiger partial charge in [-0.05, 0) is 19.4 Å². The molecule has 100 valence electrons. The lowest BCUT2D eigenvalue weighted by Crippen LogP contribution is -2.28. The van der Waals surface area contributed by atoms with Gasteiger partial charge in [0.25, 0.3) is 0 Å². The molecule has 0 aliphatic rings. The van der Waals surface area contributed by atoms with Crippen molar-refractivity contribution < 1.29 is 13.2 Å². The van der Waals surface area contributed by atoms with Crippen molar-refractivity contribution in [2.75, 3.05) is 12.9 Å². The summed E-state index contributed by atoms with van der Waals surface area (Å²) in [6.45, 7) is 7.25. The van der Waals surface area contributed by atoms with Crippen molar-refractivity contribution in [3.63, 3.8) is 0 Å². The Morgan fingerprint density at radius 1 is 1.44 bits per heavy atom. The van der Waals surface area contributed by atoms with E-state index in [1.165, 1.54) is 6.26 Å². The van der Waals surface area contributed by atoms with Crippen LogP contribution >= 0.6 is 0 Å². The second kappa shape index (κ2) is 6.06. The Hall–Kier alpha value is -1.27. The smallest absolute Gasteiger partial charge is 0.158 e. The van der Waals surface area contributed by atoms with Gasteiger partial charge >= 0.3 is 0 Å². The third kappa shape index (κ3) is 3.89. The number of sulfone groups is 1. The molecule has 0 amide bonds. The molecule has 18 heavy (non-hydrogen) atoms. The van der Waals surface area contributed by atoms with Crippen LogP contribution in [0.3, 0.4) is 0 Å². The molecule has 1 heterocycles. The lowest BCUT2D eigenvalue weighted by atomic mass is 10.2. The highest BCUT2D eigenvalue weighted by molar-refractivity contribution is 7.91. The molecule has 0 radical (unpaired) electrons. The van der Waals surface area contributed by atoms with E-state index in [-0.39, 0.29) is 6.61 Å². The topological polar surface area (TPSA) is 69.2 Å². The molecule has 0 bridgehead atoms. The van der Waals surface area contributed by atoms with Crippen molar-refractivity contribution in [1.29, 1.82) is 0 Å². The number of nitrogens with zero attached hydrogens (tertiary/aromatic N) is 2. The van der Waals surface area contributed by atoms with Gasteiger partial charge in [-0.2, -0.15) is 0 Å². The number of hydrogen-bond acceptors (Lipinski definition) is 5. The minimum absolute atomic E-state index is 0.252. The van der Waals surface area contributed by atoms with Crippen LogP contribution < -0.4 is 0 Å². The van der Waals surface area contributed by atoms with Gasteiger partial charge in [-0.1, -0.05) is 6.08 Å². The van der Waals surface area contributed by atoms with Crippen molar-refractivity contribution in [2.45, 2.75) is 25.2 Å². The molecule has 0 aromatic carbocycles. The van der Waals surface area contributed by atoms with Gasteiger partial charge in [-0.3, -0.25) is 0 Å². The average Bonchev–Trinajstić information content (AvgIpc) is 2.30. The number of hydrogen-bond donors (Lipinski definition) is 0. The fraction of sp³-hybridized carbons (Fsp3) is 0.500. The van der Waals surface area contributed by atoms with Crippen LogP contribution in [0.2, 0.25) is 0 Å². The average molecular weight is 270 g/mol. The molecule has 0 N–H and O–H groups in total. The molecule has 0 aliphatic carbocycles. The van der Waals surface area contributed by atoms with E-state index < -0.39 is 21.2 Å². The van der Waals surface area contributed by atoms with Crippen LogP contribution in [0.4, 0.5) is 0 Å². The highest BCUT2D eigenvalue weighted by Gasteiger charge is 2.30. The molecule has 2 atom stereocenters. The van der Waals surface area contributed by atoms with Gasteiger partial charge in [0, 0.05) is 18.6 Å². The van der Waals surface area contributed by atoms with E-state index in [0.29, 0.717) is 5.82 Å². The van der Waals surface area contributed by atoms with E-state index >= 15 is 0 Å². The van der Waals surface area contributed by atoms with Crippen LogP contribution in [-0.2, 0) is 14.6 Å². The molecule has 1 aromatic rings. The maximum atomic E-state index is 11.6. The van der Waals surface area contributed by atoms with Gasteiger partial charge in [-0.25, -0.2) is 18.4 Å². The third-order valence-corrected chi connectivity index (χ3v) is 4.15. The fourth-order valence-corrected chi connectivity index (χ4v) is 2.02. The Morgan fingerprint density at radius 3 is 2.44 bits per heavy atom. The molecule has 6 heteroatoms. The second-order valence-electron chi connectivity index (χ2n) is 4.20. The first kappa shape index (κ1) is 14.8. The van der Waals surface area contributed by atoms with Crippen molar-refractivity contribution in [3.8, 4) is 0 Å². The van der Waals surface area contributed by atoms with Crippen molar-refractivity contribution >= 4 is 9.84 Å². The van der Waals surface area contributed by atoms with Gasteiger partial charge in [0.1, 0.15) is 6.10 Å². The number of rotatable bonds is 6. The first-order valence-corrected chi connectivity index (χ1v) is 7.51. The molecule has 5 nitrogen and oxygen atoms in total. The summed E-state index contributed by atoms with van der Waals surface area (Å²) in [6.07, 6.45) is 5.34. The maximum absolute atomic E-state index is 11.6. The van der Waals surface area contributed by atoms with Crippen LogP contribution in [-0.4, -0.2) is 36.5 Å². The van der Waals surface area contributed by atoms with E-state index in [9.17, 15) is 8.42 Å². The summed E-state index contributed by atoms with van der Waals surface area (Å²) < 4.78 is 28.7. The maximum Gasteiger partial charge on any atom is 0.158 e. The molecular weight excluding hydrogens is 252 g/mol. The summed E-state index contributed by atoms with van der Waals surface area (Å²) >= 11 is 0. The Morgan fingerprint density at radius 2 is 2.00 bits per heavy atom. The molecule has 0 aliphatic heterocycles. The highest BCUT2D eigenvalue weighted by Crippen LogP contribution is 2.22. The quantitative estimate of drug-likeness (QED) is 0.732. The lowest BCUT2D eigenvalue weighted by Gasteiger charge is -2.21. The molecule has 1 rings (SSSR count). The van der Waals surface area contributed by atoms with Crippen LogP contribution in [0.5, 0.6) is 0 Å². The van der Waals surface area contributed by atoms with Gasteiger partial charge < -0.3 is 4.74 Å². The Bertz CT molecular complexity index is 497. The van der Waals surface area contributed by atoms with Crippen molar-refractivity contribution in [1.82, 2.24) is 9.97 Å². The second-order valence-corrected chi connectivity index (χ2v) is 6.60. The van der Waals surface area contributed by atoms with Crippen LogP contribution in [0.15, 0.2) is 25.0 Å². The van der Waals surface area contributed by atoms with Crippen LogP contribution in [0.1, 0.15) is 24.4 Å². The van der Waals surface area contributed by atoms with Gasteiger partial charge in [0.05, 0.1) is 11.9 Å². The predicted octanol–water partition coefficient (Wildman–Crippen LogP) is 1.46. The van der Waals surface area contributed by atoms with E-state index in [4.69, 9.17) is 4.74 Å². The number of aromatic nitrogens is 2. The van der Waals surface area contributed by atoms with E-state index in [1.807, 2.05) is 6.92 Å². The summed E-state index contributed by atoms with van der Waals surface area (Å²) in [7, 11) is -3.23. The molecule has 0 saturated carbocycles. The standard InChI is InChI=1S/C12H18N2O3S/c1-5-6-17-11(10(3)18(4,15)16)12-13-7-9(2)8-14-12/h5,7-8,10-11H,1,6H2,2-4H3/t10-,11+/m1/s1. The zero-order chi connectivity index (χ0) is 13.8. The monoisotopic (exact) mass is 270 g/mol. The summed E-state index contributed by atoms with van der Waals surface area (Å²) in [5, 5.41) is -0.708. The zero-order valence-corrected chi connectivity index (χ0v) is 11.6. The lowest BCUT2D eigenvalue weighted by molar-refractivity contribution is 0.0670. The first-order chi connectivity index (χ1) is 8.36. The summed E-state index contributed by atoms with van der Waals surface area (Å²) in [4.78, 5) is 8.26. The van der Waals surface area contributed by atoms with E-state index in [0.717, 1.165) is 5.56 Å². The zero-order valence-electron chi connectivity index (χ0n) is 10.8. The summed E-state index contributed by atoms with van der Waals surface area (Å²) in [6, 6.07) is 0. The SMILES string of the molecule is C=CCO[C@H](c1ncc(C)cn1)[C@@H](C)S(C)(=O)=O. The normalized spacial score (nSPS) is 15.1. The molecule has 0 saturated heterocycles. The minimum atomic E-state index is -3.23. The number of aryl methyl sites for hydroxylation is 1. The van der Waals surface area contributed by atoms with E-state index in [2.05, 4.69) is 16.5 Å². The summed E-state index contributed by atoms with van der Waals surface area (Å²) in [5.41, 5.74) is 0.910. The highest BCUT2D eigenvalue weighted by atomic mass is 32.2. The summed E-state index contributed by atoms with van der Waals surface area (Å²) in [5.74, 6) is 0.375. The van der Waals surface area contributed by atoms with Crippen molar-refractivity contribution in [3.05, 3.63) is 36.4 Å². The molecule has 1 aromatic heterocycles. The molecule has 0 spiro atoms. The van der Waals surface area contributed by atoms with Crippen LogP contribution in [0.25, 0.3) is 0 Å². The first-order valence-electron chi connectivity index (χ1n) is 5.56.